The van der Waals surface area contributed by atoms with E-state index in [0.717, 1.165) is 21.9 Å². The summed E-state index contributed by atoms with van der Waals surface area (Å²) in [6.07, 6.45) is 1.74. The number of thiazole rings is 1. The van der Waals surface area contributed by atoms with Gasteiger partial charge in [-0.05, 0) is 64.7 Å². The van der Waals surface area contributed by atoms with Crippen molar-refractivity contribution < 1.29 is 19.0 Å². The van der Waals surface area contributed by atoms with Crippen LogP contribution in [-0.2, 0) is 16.1 Å². The van der Waals surface area contributed by atoms with Gasteiger partial charge >= 0.3 is 5.97 Å². The zero-order chi connectivity index (χ0) is 34.8. The van der Waals surface area contributed by atoms with E-state index < -0.39 is 12.0 Å². The highest BCUT2D eigenvalue weighted by Crippen LogP contribution is 2.38. The molecule has 6 aromatic rings. The predicted octanol–water partition coefficient (Wildman–Crippen LogP) is 7.98. The maximum Gasteiger partial charge on any atom is 0.338 e. The van der Waals surface area contributed by atoms with Crippen molar-refractivity contribution >= 4 is 63.1 Å². The van der Waals surface area contributed by atoms with Crippen LogP contribution in [-0.4, -0.2) is 24.3 Å². The highest BCUT2D eigenvalue weighted by molar-refractivity contribution is 7.07. The quantitative estimate of drug-likeness (QED) is 0.142. The fourth-order valence-corrected chi connectivity index (χ4v) is 7.48. The molecule has 7 nitrogen and oxygen atoms in total. The summed E-state index contributed by atoms with van der Waals surface area (Å²) in [5.41, 5.74) is 3.43. The first-order valence-electron chi connectivity index (χ1n) is 15.9. The van der Waals surface area contributed by atoms with E-state index >= 15 is 0 Å². The summed E-state index contributed by atoms with van der Waals surface area (Å²) in [4.78, 5) is 33.3. The van der Waals surface area contributed by atoms with Gasteiger partial charge in [-0.3, -0.25) is 9.36 Å². The molecule has 0 bridgehead atoms. The summed E-state index contributed by atoms with van der Waals surface area (Å²) in [7, 11) is 1.54. The van der Waals surface area contributed by atoms with Crippen molar-refractivity contribution in [3.63, 3.8) is 0 Å². The topological polar surface area (TPSA) is 79.1 Å². The van der Waals surface area contributed by atoms with Crippen LogP contribution in [0.25, 0.3) is 22.5 Å². The molecule has 0 N–H and O–H groups in total. The van der Waals surface area contributed by atoms with Gasteiger partial charge in [-0.25, -0.2) is 9.79 Å². The normalized spacial score (nSPS) is 14.3. The van der Waals surface area contributed by atoms with Crippen LogP contribution in [0.3, 0.4) is 0 Å². The Morgan fingerprint density at radius 3 is 2.44 bits per heavy atom. The number of benzene rings is 5. The fourth-order valence-electron chi connectivity index (χ4n) is 6.08. The molecule has 10 heteroatoms. The van der Waals surface area contributed by atoms with E-state index in [1.54, 1.807) is 61.1 Å². The SMILES string of the molecule is CCOC(=O)C1=C(c2ccccc2)N=c2s/c(=C\c3cc(Cl)c(OCc4cccc5ccccc45)c(OC)c3)c(=O)n2[C@H]1c1ccc(Cl)cc1. The Hall–Kier alpha value is -5.15. The molecule has 0 saturated heterocycles. The molecule has 1 aromatic heterocycles. The van der Waals surface area contributed by atoms with Crippen molar-refractivity contribution in [3.8, 4) is 11.5 Å². The molecule has 0 radical (unpaired) electrons. The Morgan fingerprint density at radius 2 is 1.68 bits per heavy atom. The molecule has 1 aliphatic rings. The molecule has 7 rings (SSSR count). The zero-order valence-corrected chi connectivity index (χ0v) is 29.4. The minimum absolute atomic E-state index is 0.159. The number of carbonyl (C=O) groups is 1. The third kappa shape index (κ3) is 6.45. The van der Waals surface area contributed by atoms with Crippen LogP contribution >= 0.6 is 34.5 Å². The Morgan fingerprint density at radius 1 is 0.940 bits per heavy atom. The maximum atomic E-state index is 14.3. The number of carbonyl (C=O) groups excluding carboxylic acids is 1. The molecular formula is C40H30Cl2N2O5S. The smallest absolute Gasteiger partial charge is 0.338 e. The Labute approximate surface area is 301 Å². The van der Waals surface area contributed by atoms with Crippen LogP contribution in [0, 0.1) is 0 Å². The Balaban J connectivity index is 1.33. The molecule has 0 unspecified atom stereocenters. The summed E-state index contributed by atoms with van der Waals surface area (Å²) in [6, 6.07) is 33.3. The van der Waals surface area contributed by atoms with E-state index in [2.05, 4.69) is 18.2 Å². The summed E-state index contributed by atoms with van der Waals surface area (Å²) >= 11 is 14.3. The minimum atomic E-state index is -0.817. The molecule has 0 amide bonds. The second-order valence-electron chi connectivity index (χ2n) is 11.4. The summed E-state index contributed by atoms with van der Waals surface area (Å²) in [5, 5.41) is 3.07. The van der Waals surface area contributed by atoms with Gasteiger partial charge in [0.1, 0.15) is 6.61 Å². The Bertz CT molecular complexity index is 2450. The van der Waals surface area contributed by atoms with Crippen LogP contribution in [0.15, 0.2) is 125 Å². The van der Waals surface area contributed by atoms with Crippen LogP contribution in [0.4, 0.5) is 0 Å². The van der Waals surface area contributed by atoms with Crippen molar-refractivity contribution in [2.75, 3.05) is 13.7 Å². The number of hydrogen-bond donors (Lipinski definition) is 0. The standard InChI is InChI=1S/C40H30Cl2N2O5S/c1-3-48-39(46)34-35(26-11-5-4-6-12-26)43-40-44(36(34)27-16-18-29(41)19-17-27)38(45)33(50-40)22-24-20-31(42)37(32(21-24)47-2)49-23-28-14-9-13-25-10-7-8-15-30(25)28/h4-22,36H,3,23H2,1-2H3/b33-22-/t36-/m0/s1. The van der Waals surface area contributed by atoms with Gasteiger partial charge in [0.05, 0.1) is 40.6 Å². The molecule has 0 spiro atoms. The second-order valence-corrected chi connectivity index (χ2v) is 13.3. The van der Waals surface area contributed by atoms with E-state index in [1.807, 2.05) is 54.6 Å². The van der Waals surface area contributed by atoms with E-state index in [1.165, 1.54) is 11.3 Å². The van der Waals surface area contributed by atoms with E-state index in [4.69, 9.17) is 42.4 Å². The highest BCUT2D eigenvalue weighted by atomic mass is 35.5. The lowest BCUT2D eigenvalue weighted by molar-refractivity contribution is -0.138. The Kier molecular flexibility index (Phi) is 9.59. The third-order valence-corrected chi connectivity index (χ3v) is 9.88. The predicted molar refractivity (Wildman–Crippen MR) is 199 cm³/mol. The monoisotopic (exact) mass is 720 g/mol. The summed E-state index contributed by atoms with van der Waals surface area (Å²) in [6.45, 7) is 2.19. The van der Waals surface area contributed by atoms with Crippen LogP contribution in [0.5, 0.6) is 11.5 Å². The van der Waals surface area contributed by atoms with Crippen LogP contribution in [0.2, 0.25) is 10.0 Å². The first kappa shape index (κ1) is 33.4. The molecule has 50 heavy (non-hydrogen) atoms. The van der Waals surface area contributed by atoms with Crippen molar-refractivity contribution in [1.29, 1.82) is 0 Å². The van der Waals surface area contributed by atoms with Gasteiger partial charge in [-0.1, -0.05) is 119 Å². The molecule has 0 fully saturated rings. The van der Waals surface area contributed by atoms with Crippen molar-refractivity contribution in [3.05, 3.63) is 167 Å². The number of nitrogens with zero attached hydrogens (tertiary/aromatic N) is 2. The average molecular weight is 722 g/mol. The lowest BCUT2D eigenvalue weighted by atomic mass is 9.93. The fraction of sp³-hybridized carbons (Fsp3) is 0.125. The second kappa shape index (κ2) is 14.4. The number of ether oxygens (including phenoxy) is 3. The summed E-state index contributed by atoms with van der Waals surface area (Å²) in [5.74, 6) is 0.265. The first-order valence-corrected chi connectivity index (χ1v) is 17.4. The number of esters is 1. The first-order chi connectivity index (χ1) is 24.4. The minimum Gasteiger partial charge on any atom is -0.493 e. The molecule has 1 aliphatic heterocycles. The zero-order valence-electron chi connectivity index (χ0n) is 27.1. The van der Waals surface area contributed by atoms with Crippen molar-refractivity contribution in [2.45, 2.75) is 19.6 Å². The molecule has 0 aliphatic carbocycles. The number of rotatable bonds is 9. The largest absolute Gasteiger partial charge is 0.493 e. The molecule has 2 heterocycles. The number of aromatic nitrogens is 1. The number of fused-ring (bicyclic) bond motifs is 2. The van der Waals surface area contributed by atoms with Gasteiger partial charge in [0, 0.05) is 10.6 Å². The number of halogens is 2. The maximum absolute atomic E-state index is 14.3. The van der Waals surface area contributed by atoms with Gasteiger partial charge in [0.25, 0.3) is 5.56 Å². The van der Waals surface area contributed by atoms with E-state index in [-0.39, 0.29) is 24.3 Å². The van der Waals surface area contributed by atoms with Crippen molar-refractivity contribution in [2.24, 2.45) is 4.99 Å². The molecule has 5 aromatic carbocycles. The summed E-state index contributed by atoms with van der Waals surface area (Å²) < 4.78 is 19.4. The molecular weight excluding hydrogens is 691 g/mol. The van der Waals surface area contributed by atoms with Gasteiger partial charge in [0.15, 0.2) is 16.3 Å². The van der Waals surface area contributed by atoms with Gasteiger partial charge in [-0.2, -0.15) is 0 Å². The molecule has 250 valence electrons. The van der Waals surface area contributed by atoms with E-state index in [0.29, 0.717) is 47.7 Å². The molecule has 0 saturated carbocycles. The lowest BCUT2D eigenvalue weighted by Gasteiger charge is -2.25. The van der Waals surface area contributed by atoms with Crippen molar-refractivity contribution in [1.82, 2.24) is 4.57 Å². The van der Waals surface area contributed by atoms with Gasteiger partial charge < -0.3 is 14.2 Å². The van der Waals surface area contributed by atoms with E-state index in [9.17, 15) is 9.59 Å². The number of hydrogen-bond acceptors (Lipinski definition) is 7. The lowest BCUT2D eigenvalue weighted by Crippen LogP contribution is -2.40. The third-order valence-electron chi connectivity index (χ3n) is 8.36. The van der Waals surface area contributed by atoms with Gasteiger partial charge in [-0.15, -0.1) is 0 Å². The highest BCUT2D eigenvalue weighted by Gasteiger charge is 2.35. The van der Waals surface area contributed by atoms with Gasteiger partial charge in [0.2, 0.25) is 0 Å². The average Bonchev–Trinajstić information content (AvgIpc) is 3.44. The van der Waals surface area contributed by atoms with Crippen LogP contribution < -0.4 is 24.4 Å². The molecule has 1 atom stereocenters. The van der Waals surface area contributed by atoms with Crippen LogP contribution in [0.1, 0.15) is 35.2 Å². The number of methoxy groups -OCH3 is 1.